The maximum atomic E-state index is 12.3. The summed E-state index contributed by atoms with van der Waals surface area (Å²) >= 11 is 0. The van der Waals surface area contributed by atoms with Gasteiger partial charge < -0.3 is 25.2 Å². The summed E-state index contributed by atoms with van der Waals surface area (Å²) in [5.74, 6) is 0. The number of amides is 3. The number of nitrogens with zero attached hydrogens (tertiary/aromatic N) is 2. The van der Waals surface area contributed by atoms with E-state index in [1.54, 1.807) is 4.90 Å². The minimum absolute atomic E-state index is 0.262. The lowest BCUT2D eigenvalue weighted by atomic mass is 10.1. The van der Waals surface area contributed by atoms with Crippen LogP contribution in [0.4, 0.5) is 26.7 Å². The van der Waals surface area contributed by atoms with Crippen molar-refractivity contribution in [2.75, 3.05) is 41.7 Å². The lowest BCUT2D eigenvalue weighted by molar-refractivity contribution is 0.0240. The number of carbonyl (C=O) groups is 2. The van der Waals surface area contributed by atoms with Crippen LogP contribution in [0, 0.1) is 0 Å². The molecule has 31 heavy (non-hydrogen) atoms. The summed E-state index contributed by atoms with van der Waals surface area (Å²) in [6.45, 7) is 10.4. The molecule has 2 N–H and O–H groups in total. The maximum absolute atomic E-state index is 12.3. The Morgan fingerprint density at radius 1 is 0.935 bits per heavy atom. The summed E-state index contributed by atoms with van der Waals surface area (Å²) in [6, 6.07) is 15.3. The van der Waals surface area contributed by atoms with Gasteiger partial charge in [-0.15, -0.1) is 0 Å². The van der Waals surface area contributed by atoms with Crippen molar-refractivity contribution in [2.24, 2.45) is 0 Å². The third-order valence-electron chi connectivity index (χ3n) is 5.01. The third kappa shape index (κ3) is 6.64. The topological polar surface area (TPSA) is 73.9 Å². The number of rotatable bonds is 4. The first-order chi connectivity index (χ1) is 14.7. The normalized spacial score (nSPS) is 14.2. The molecule has 1 aliphatic rings. The quantitative estimate of drug-likeness (QED) is 0.728. The van der Waals surface area contributed by atoms with E-state index in [0.29, 0.717) is 13.1 Å². The van der Waals surface area contributed by atoms with Gasteiger partial charge in [0.2, 0.25) is 0 Å². The fraction of sp³-hybridized carbons (Fsp3) is 0.417. The largest absolute Gasteiger partial charge is 0.444 e. The summed E-state index contributed by atoms with van der Waals surface area (Å²) in [5.41, 5.74) is 3.25. The Hall–Kier alpha value is -3.22. The monoisotopic (exact) mass is 424 g/mol. The molecular weight excluding hydrogens is 392 g/mol. The minimum Gasteiger partial charge on any atom is -0.444 e. The van der Waals surface area contributed by atoms with Gasteiger partial charge in [0.15, 0.2) is 0 Å². The van der Waals surface area contributed by atoms with Crippen LogP contribution in [0.15, 0.2) is 48.5 Å². The van der Waals surface area contributed by atoms with E-state index in [9.17, 15) is 9.59 Å². The van der Waals surface area contributed by atoms with Crippen molar-refractivity contribution >= 4 is 29.2 Å². The molecule has 2 aromatic carbocycles. The van der Waals surface area contributed by atoms with Crippen LogP contribution in [0.5, 0.6) is 0 Å². The summed E-state index contributed by atoms with van der Waals surface area (Å²) in [6.07, 6.45) is 0.659. The summed E-state index contributed by atoms with van der Waals surface area (Å²) in [5, 5.41) is 5.73. The highest BCUT2D eigenvalue weighted by molar-refractivity contribution is 5.99. The zero-order chi connectivity index (χ0) is 22.4. The van der Waals surface area contributed by atoms with Gasteiger partial charge in [-0.1, -0.05) is 19.1 Å². The lowest BCUT2D eigenvalue weighted by Crippen LogP contribution is -2.50. The number of aryl methyl sites for hydroxylation is 1. The molecular formula is C24H32N4O3. The molecule has 1 saturated heterocycles. The number of urea groups is 1. The van der Waals surface area contributed by atoms with Crippen molar-refractivity contribution in [3.8, 4) is 0 Å². The molecule has 3 rings (SSSR count). The van der Waals surface area contributed by atoms with Crippen LogP contribution in [0.2, 0.25) is 0 Å². The van der Waals surface area contributed by atoms with E-state index in [2.05, 4.69) is 22.5 Å². The number of benzene rings is 2. The number of hydrogen-bond acceptors (Lipinski definition) is 4. The smallest absolute Gasteiger partial charge is 0.410 e. The number of anilines is 3. The summed E-state index contributed by atoms with van der Waals surface area (Å²) in [7, 11) is 0. The van der Waals surface area contributed by atoms with Crippen molar-refractivity contribution in [3.05, 3.63) is 54.1 Å². The van der Waals surface area contributed by atoms with Crippen LogP contribution in [-0.2, 0) is 11.2 Å². The van der Waals surface area contributed by atoms with E-state index in [1.165, 1.54) is 5.56 Å². The Morgan fingerprint density at radius 2 is 1.58 bits per heavy atom. The molecule has 0 radical (unpaired) electrons. The molecule has 1 heterocycles. The molecule has 2 aromatic rings. The highest BCUT2D eigenvalue weighted by Crippen LogP contribution is 2.21. The summed E-state index contributed by atoms with van der Waals surface area (Å²) in [4.78, 5) is 28.5. The molecule has 0 aromatic heterocycles. The van der Waals surface area contributed by atoms with Crippen LogP contribution in [0.1, 0.15) is 33.3 Å². The van der Waals surface area contributed by atoms with Gasteiger partial charge in [-0.05, 0) is 69.2 Å². The van der Waals surface area contributed by atoms with Gasteiger partial charge in [-0.2, -0.15) is 0 Å². The Bertz CT molecular complexity index is 898. The molecule has 1 aliphatic heterocycles. The Morgan fingerprint density at radius 3 is 2.19 bits per heavy atom. The zero-order valence-corrected chi connectivity index (χ0v) is 18.8. The molecule has 0 bridgehead atoms. The SMILES string of the molecule is CCc1cccc(NC(=O)Nc2ccc(N3CCN(C(=O)OC(C)(C)C)CC3)cc2)c1. The van der Waals surface area contributed by atoms with E-state index in [-0.39, 0.29) is 12.1 Å². The third-order valence-corrected chi connectivity index (χ3v) is 5.01. The lowest BCUT2D eigenvalue weighted by Gasteiger charge is -2.36. The van der Waals surface area contributed by atoms with Gasteiger partial charge in [0.25, 0.3) is 0 Å². The Balaban J connectivity index is 1.50. The number of nitrogens with one attached hydrogen (secondary N) is 2. The van der Waals surface area contributed by atoms with Crippen molar-refractivity contribution < 1.29 is 14.3 Å². The molecule has 7 heteroatoms. The van der Waals surface area contributed by atoms with E-state index in [1.807, 2.05) is 69.3 Å². The highest BCUT2D eigenvalue weighted by atomic mass is 16.6. The van der Waals surface area contributed by atoms with Crippen LogP contribution in [-0.4, -0.2) is 48.8 Å². The van der Waals surface area contributed by atoms with Crippen molar-refractivity contribution in [1.82, 2.24) is 4.90 Å². The number of piperazine rings is 1. The molecule has 0 atom stereocenters. The second-order valence-electron chi connectivity index (χ2n) is 8.63. The molecule has 0 aliphatic carbocycles. The molecule has 0 unspecified atom stereocenters. The number of ether oxygens (including phenoxy) is 1. The molecule has 0 spiro atoms. The Kier molecular flexibility index (Phi) is 7.05. The minimum atomic E-state index is -0.484. The maximum Gasteiger partial charge on any atom is 0.410 e. The fourth-order valence-electron chi connectivity index (χ4n) is 3.39. The number of carbonyl (C=O) groups excluding carboxylic acids is 2. The van der Waals surface area contributed by atoms with Gasteiger partial charge >= 0.3 is 12.1 Å². The molecule has 166 valence electrons. The molecule has 1 fully saturated rings. The second kappa shape index (κ2) is 9.73. The van der Waals surface area contributed by atoms with Crippen LogP contribution in [0.3, 0.4) is 0 Å². The van der Waals surface area contributed by atoms with E-state index >= 15 is 0 Å². The first-order valence-electron chi connectivity index (χ1n) is 10.7. The van der Waals surface area contributed by atoms with Gasteiger partial charge in [0.05, 0.1) is 0 Å². The van der Waals surface area contributed by atoms with Gasteiger partial charge in [-0.3, -0.25) is 0 Å². The molecule has 3 amide bonds. The van der Waals surface area contributed by atoms with Crippen molar-refractivity contribution in [2.45, 2.75) is 39.7 Å². The highest BCUT2D eigenvalue weighted by Gasteiger charge is 2.25. The predicted molar refractivity (Wildman–Crippen MR) is 125 cm³/mol. The van der Waals surface area contributed by atoms with Gasteiger partial charge in [-0.25, -0.2) is 9.59 Å². The fourth-order valence-corrected chi connectivity index (χ4v) is 3.39. The average molecular weight is 425 g/mol. The van der Waals surface area contributed by atoms with Crippen LogP contribution >= 0.6 is 0 Å². The molecule has 7 nitrogen and oxygen atoms in total. The van der Waals surface area contributed by atoms with E-state index in [4.69, 9.17) is 4.74 Å². The average Bonchev–Trinajstić information content (AvgIpc) is 2.73. The number of hydrogen-bond donors (Lipinski definition) is 2. The van der Waals surface area contributed by atoms with Crippen molar-refractivity contribution in [1.29, 1.82) is 0 Å². The zero-order valence-electron chi connectivity index (χ0n) is 18.8. The second-order valence-corrected chi connectivity index (χ2v) is 8.63. The van der Waals surface area contributed by atoms with Crippen LogP contribution in [0.25, 0.3) is 0 Å². The van der Waals surface area contributed by atoms with Gasteiger partial charge in [0.1, 0.15) is 5.60 Å². The van der Waals surface area contributed by atoms with Crippen molar-refractivity contribution in [3.63, 3.8) is 0 Å². The predicted octanol–water partition coefficient (Wildman–Crippen LogP) is 4.95. The van der Waals surface area contributed by atoms with E-state index < -0.39 is 5.60 Å². The van der Waals surface area contributed by atoms with E-state index in [0.717, 1.165) is 36.6 Å². The summed E-state index contributed by atoms with van der Waals surface area (Å²) < 4.78 is 5.45. The first-order valence-corrected chi connectivity index (χ1v) is 10.7. The van der Waals surface area contributed by atoms with Crippen LogP contribution < -0.4 is 15.5 Å². The Labute approximate surface area is 184 Å². The standard InChI is InChI=1S/C24H32N4O3/c1-5-18-7-6-8-20(17-18)26-22(29)25-19-9-11-21(12-10-19)27-13-15-28(16-14-27)23(30)31-24(2,3)4/h6-12,17H,5,13-16H2,1-4H3,(H2,25,26,29). The molecule has 0 saturated carbocycles. The first kappa shape index (κ1) is 22.5. The van der Waals surface area contributed by atoms with Gasteiger partial charge in [0, 0.05) is 43.2 Å².